The molecule has 7 heteroatoms. The molecule has 0 saturated carbocycles. The second-order valence-corrected chi connectivity index (χ2v) is 13.0. The van der Waals surface area contributed by atoms with Crippen molar-refractivity contribution < 1.29 is 14.4 Å². The van der Waals surface area contributed by atoms with E-state index in [9.17, 15) is 4.79 Å². The molecule has 0 aromatic heterocycles. The van der Waals surface area contributed by atoms with Gasteiger partial charge in [0.2, 0.25) is 0 Å². The topological polar surface area (TPSA) is 59.9 Å². The van der Waals surface area contributed by atoms with Crippen LogP contribution < -0.4 is 5.32 Å². The molecule has 0 saturated heterocycles. The molecular weight excluding hydrogens is 344 g/mol. The first-order valence-electron chi connectivity index (χ1n) is 7.92. The zero-order valence-corrected chi connectivity index (χ0v) is 17.0. The Morgan fingerprint density at radius 3 is 2.62 bits per heavy atom. The van der Waals surface area contributed by atoms with Crippen LogP contribution in [0.3, 0.4) is 0 Å². The molecule has 1 rings (SSSR count). The van der Waals surface area contributed by atoms with Crippen LogP contribution in [0.5, 0.6) is 0 Å². The van der Waals surface area contributed by atoms with Crippen molar-refractivity contribution in [2.24, 2.45) is 5.16 Å². The zero-order valence-electron chi connectivity index (χ0n) is 15.3. The molecular formula is C17H27ClN2O3Si. The molecule has 5 nitrogen and oxygen atoms in total. The fraction of sp³-hybridized carbons (Fsp3) is 0.529. The summed E-state index contributed by atoms with van der Waals surface area (Å²) in [6, 6.07) is 5.56. The highest BCUT2D eigenvalue weighted by atomic mass is 35.5. The number of hydrogen-bond acceptors (Lipinski definition) is 4. The number of oxime groups is 1. The van der Waals surface area contributed by atoms with E-state index in [4.69, 9.17) is 16.4 Å². The molecule has 24 heavy (non-hydrogen) atoms. The fourth-order valence-electron chi connectivity index (χ4n) is 1.72. The highest BCUT2D eigenvalue weighted by Gasteiger charge is 2.22. The van der Waals surface area contributed by atoms with Crippen molar-refractivity contribution in [2.45, 2.75) is 45.6 Å². The third kappa shape index (κ3) is 6.53. The molecule has 1 aromatic rings. The standard InChI is InChI=1S/C17H27ClN2O3Si/c1-12(24(4,5)6)11-23-20-13(2)14-7-8-16(18)15(9-14)10-19-17(21)22-3/h7-9,12H,10-11H2,1-6H3,(H,19,21)/b20-13+. The van der Waals surface area contributed by atoms with E-state index in [1.165, 1.54) is 7.11 Å². The quantitative estimate of drug-likeness (QED) is 0.431. The van der Waals surface area contributed by atoms with Crippen molar-refractivity contribution in [3.8, 4) is 0 Å². The van der Waals surface area contributed by atoms with Crippen molar-refractivity contribution in [3.05, 3.63) is 34.3 Å². The number of carbonyl (C=O) groups excluding carboxylic acids is 1. The van der Waals surface area contributed by atoms with Crippen LogP contribution in [0.4, 0.5) is 4.79 Å². The van der Waals surface area contributed by atoms with Crippen LogP contribution in [0.1, 0.15) is 25.0 Å². The molecule has 1 amide bonds. The van der Waals surface area contributed by atoms with Gasteiger partial charge in [0, 0.05) is 11.6 Å². The van der Waals surface area contributed by atoms with Crippen LogP contribution in [0.2, 0.25) is 30.2 Å². The minimum absolute atomic E-state index is 0.292. The maximum atomic E-state index is 11.2. The highest BCUT2D eigenvalue weighted by molar-refractivity contribution is 6.77. The van der Waals surface area contributed by atoms with Gasteiger partial charge in [-0.05, 0) is 35.7 Å². The summed E-state index contributed by atoms with van der Waals surface area (Å²) in [5, 5.41) is 7.41. The third-order valence-electron chi connectivity index (χ3n) is 4.08. The molecule has 1 aromatic carbocycles. The highest BCUT2D eigenvalue weighted by Crippen LogP contribution is 2.21. The van der Waals surface area contributed by atoms with E-state index in [0.29, 0.717) is 23.7 Å². The van der Waals surface area contributed by atoms with E-state index in [0.717, 1.165) is 16.8 Å². The van der Waals surface area contributed by atoms with E-state index in [-0.39, 0.29) is 0 Å². The molecule has 0 radical (unpaired) electrons. The molecule has 0 spiro atoms. The predicted molar refractivity (Wildman–Crippen MR) is 102 cm³/mol. The Hall–Kier alpha value is -1.53. The van der Waals surface area contributed by atoms with Gasteiger partial charge in [0.05, 0.1) is 20.9 Å². The van der Waals surface area contributed by atoms with Gasteiger partial charge in [-0.25, -0.2) is 4.79 Å². The van der Waals surface area contributed by atoms with Crippen molar-refractivity contribution >= 4 is 31.5 Å². The number of methoxy groups -OCH3 is 1. The van der Waals surface area contributed by atoms with Crippen LogP contribution in [0.25, 0.3) is 0 Å². The maximum absolute atomic E-state index is 11.2. The zero-order chi connectivity index (χ0) is 18.3. The number of halogens is 1. The second kappa shape index (κ2) is 9.08. The largest absolute Gasteiger partial charge is 0.453 e. The maximum Gasteiger partial charge on any atom is 0.407 e. The number of carbonyl (C=O) groups is 1. The third-order valence-corrected chi connectivity index (χ3v) is 7.57. The second-order valence-electron chi connectivity index (χ2n) is 6.89. The van der Waals surface area contributed by atoms with Gasteiger partial charge < -0.3 is 14.9 Å². The van der Waals surface area contributed by atoms with Crippen LogP contribution in [-0.2, 0) is 16.1 Å². The van der Waals surface area contributed by atoms with E-state index in [2.05, 4.69) is 41.8 Å². The number of amides is 1. The summed E-state index contributed by atoms with van der Waals surface area (Å²) >= 11 is 6.16. The Morgan fingerprint density at radius 2 is 2.04 bits per heavy atom. The van der Waals surface area contributed by atoms with Gasteiger partial charge in [0.15, 0.2) is 0 Å². The molecule has 0 fully saturated rings. The van der Waals surface area contributed by atoms with Gasteiger partial charge in [-0.1, -0.05) is 49.4 Å². The van der Waals surface area contributed by atoms with Gasteiger partial charge in [-0.2, -0.15) is 0 Å². The van der Waals surface area contributed by atoms with Crippen molar-refractivity contribution in [2.75, 3.05) is 13.7 Å². The fourth-order valence-corrected chi connectivity index (χ4v) is 2.48. The normalized spacial score (nSPS) is 13.4. The lowest BCUT2D eigenvalue weighted by Crippen LogP contribution is -2.28. The average Bonchev–Trinajstić information content (AvgIpc) is 2.52. The minimum Gasteiger partial charge on any atom is -0.453 e. The first kappa shape index (κ1) is 20.5. The number of hydrogen-bond donors (Lipinski definition) is 1. The molecule has 0 aliphatic heterocycles. The number of benzene rings is 1. The SMILES string of the molecule is COC(=O)NCc1cc(/C(C)=N/OCC(C)[Si](C)(C)C)ccc1Cl. The van der Waals surface area contributed by atoms with E-state index in [1.54, 1.807) is 6.07 Å². The lowest BCUT2D eigenvalue weighted by molar-refractivity contribution is 0.143. The first-order valence-corrected chi connectivity index (χ1v) is 11.9. The first-order chi connectivity index (χ1) is 11.1. The van der Waals surface area contributed by atoms with Crippen molar-refractivity contribution in [3.63, 3.8) is 0 Å². The number of nitrogens with one attached hydrogen (secondary N) is 1. The van der Waals surface area contributed by atoms with Crippen LogP contribution in [0, 0.1) is 0 Å². The van der Waals surface area contributed by atoms with Crippen LogP contribution >= 0.6 is 11.6 Å². The average molecular weight is 371 g/mol. The van der Waals surface area contributed by atoms with E-state index < -0.39 is 14.2 Å². The summed E-state index contributed by atoms with van der Waals surface area (Å²) in [4.78, 5) is 16.7. The number of nitrogens with zero attached hydrogens (tertiary/aromatic N) is 1. The number of alkyl carbamates (subject to hydrolysis) is 1. The molecule has 1 unspecified atom stereocenters. The Morgan fingerprint density at radius 1 is 1.38 bits per heavy atom. The molecule has 1 atom stereocenters. The van der Waals surface area contributed by atoms with Crippen LogP contribution in [-0.4, -0.2) is 33.6 Å². The molecule has 0 aliphatic carbocycles. The molecule has 0 heterocycles. The van der Waals surface area contributed by atoms with Gasteiger partial charge >= 0.3 is 6.09 Å². The smallest absolute Gasteiger partial charge is 0.407 e. The molecule has 1 N–H and O–H groups in total. The lowest BCUT2D eigenvalue weighted by Gasteiger charge is -2.23. The van der Waals surface area contributed by atoms with Gasteiger partial charge in [0.25, 0.3) is 0 Å². The Kier molecular flexibility index (Phi) is 7.76. The summed E-state index contributed by atoms with van der Waals surface area (Å²) in [6.45, 7) is 12.0. The monoisotopic (exact) mass is 370 g/mol. The van der Waals surface area contributed by atoms with Crippen molar-refractivity contribution in [1.82, 2.24) is 5.32 Å². The summed E-state index contributed by atoms with van der Waals surface area (Å²) in [7, 11) is 0.105. The van der Waals surface area contributed by atoms with Crippen molar-refractivity contribution in [1.29, 1.82) is 0 Å². The Balaban J connectivity index is 2.75. The summed E-state index contributed by atoms with van der Waals surface area (Å²) in [6.07, 6.45) is -0.495. The molecule has 0 aliphatic rings. The van der Waals surface area contributed by atoms with Crippen LogP contribution in [0.15, 0.2) is 23.4 Å². The van der Waals surface area contributed by atoms with Gasteiger partial charge in [0.1, 0.15) is 6.61 Å². The van der Waals surface area contributed by atoms with Gasteiger partial charge in [-0.15, -0.1) is 0 Å². The minimum atomic E-state index is -1.22. The number of rotatable bonds is 7. The number of ether oxygens (including phenoxy) is 1. The lowest BCUT2D eigenvalue weighted by atomic mass is 10.1. The van der Waals surface area contributed by atoms with E-state index in [1.807, 2.05) is 19.1 Å². The van der Waals surface area contributed by atoms with Gasteiger partial charge in [-0.3, -0.25) is 0 Å². The summed E-state index contributed by atoms with van der Waals surface area (Å²) < 4.78 is 4.56. The predicted octanol–water partition coefficient (Wildman–Crippen LogP) is 4.66. The molecule has 134 valence electrons. The molecule has 0 bridgehead atoms. The summed E-state index contributed by atoms with van der Waals surface area (Å²) in [5.74, 6) is 0. The Bertz CT molecular complexity index is 600. The van der Waals surface area contributed by atoms with E-state index >= 15 is 0 Å². The Labute approximate surface area is 150 Å². The summed E-state index contributed by atoms with van der Waals surface area (Å²) in [5.41, 5.74) is 3.00.